The number of carbonyl (C=O) groups is 2. The van der Waals surface area contributed by atoms with Crippen LogP contribution in [0.5, 0.6) is 0 Å². The second-order valence-corrected chi connectivity index (χ2v) is 9.43. The summed E-state index contributed by atoms with van der Waals surface area (Å²) >= 11 is 1.55. The SMILES string of the molecule is CC(C)NC(=O)c1nc(-c2ccccc2)n2c1C[C@@H]1CC[C@H](C2)N1C(=O)c1ccsc1. The lowest BCUT2D eigenvalue weighted by Crippen LogP contribution is -2.42. The molecule has 4 heterocycles. The monoisotopic (exact) mass is 434 g/mol. The van der Waals surface area contributed by atoms with Crippen molar-refractivity contribution in [3.63, 3.8) is 0 Å². The van der Waals surface area contributed by atoms with Gasteiger partial charge in [-0.15, -0.1) is 0 Å². The second-order valence-electron chi connectivity index (χ2n) is 8.65. The van der Waals surface area contributed by atoms with Crippen LogP contribution in [0, 0.1) is 0 Å². The highest BCUT2D eigenvalue weighted by atomic mass is 32.1. The van der Waals surface area contributed by atoms with Gasteiger partial charge < -0.3 is 14.8 Å². The quantitative estimate of drug-likeness (QED) is 0.675. The Bertz CT molecular complexity index is 1100. The maximum absolute atomic E-state index is 13.3. The van der Waals surface area contributed by atoms with Crippen molar-refractivity contribution in [2.75, 3.05) is 0 Å². The molecule has 0 unspecified atom stereocenters. The molecular weight excluding hydrogens is 408 g/mol. The average Bonchev–Trinajstić information content (AvgIpc) is 3.46. The standard InChI is InChI=1S/C24H26N4O2S/c1-15(2)25-23(29)21-20-12-18-8-9-19(28(18)24(30)17-10-11-31-14-17)13-27(20)22(26-21)16-6-4-3-5-7-16/h3-7,10-11,14-15,18-19H,8-9,12-13H2,1-2H3,(H,25,29)/t18-,19+/m0/s1. The van der Waals surface area contributed by atoms with Crippen LogP contribution in [0.4, 0.5) is 0 Å². The van der Waals surface area contributed by atoms with Gasteiger partial charge in [-0.1, -0.05) is 30.3 Å². The summed E-state index contributed by atoms with van der Waals surface area (Å²) in [5.41, 5.74) is 3.17. The Labute approximate surface area is 185 Å². The summed E-state index contributed by atoms with van der Waals surface area (Å²) in [5.74, 6) is 0.760. The smallest absolute Gasteiger partial charge is 0.271 e. The van der Waals surface area contributed by atoms with Crippen LogP contribution >= 0.6 is 11.3 Å². The number of nitrogens with one attached hydrogen (secondary N) is 1. The van der Waals surface area contributed by atoms with Gasteiger partial charge in [-0.25, -0.2) is 4.98 Å². The number of rotatable bonds is 4. The van der Waals surface area contributed by atoms with Crippen LogP contribution in [0.2, 0.25) is 0 Å². The van der Waals surface area contributed by atoms with Crippen LogP contribution in [0.3, 0.4) is 0 Å². The van der Waals surface area contributed by atoms with Gasteiger partial charge in [0.1, 0.15) is 11.5 Å². The first kappa shape index (κ1) is 20.0. The van der Waals surface area contributed by atoms with Crippen LogP contribution in [0.25, 0.3) is 11.4 Å². The number of fused-ring (bicyclic) bond motifs is 3. The molecule has 3 aromatic rings. The normalized spacial score (nSPS) is 19.9. The van der Waals surface area contributed by atoms with Gasteiger partial charge >= 0.3 is 0 Å². The van der Waals surface area contributed by atoms with E-state index in [2.05, 4.69) is 14.8 Å². The number of hydrogen-bond acceptors (Lipinski definition) is 4. The molecule has 2 aliphatic heterocycles. The van der Waals surface area contributed by atoms with E-state index in [1.165, 1.54) is 0 Å². The van der Waals surface area contributed by atoms with E-state index < -0.39 is 0 Å². The topological polar surface area (TPSA) is 67.2 Å². The number of imidazole rings is 1. The molecule has 7 heteroatoms. The van der Waals surface area contributed by atoms with E-state index in [0.29, 0.717) is 18.7 Å². The van der Waals surface area contributed by atoms with Gasteiger partial charge in [0.2, 0.25) is 0 Å². The van der Waals surface area contributed by atoms with Crippen molar-refractivity contribution < 1.29 is 9.59 Å². The first-order chi connectivity index (χ1) is 15.0. The van der Waals surface area contributed by atoms with Gasteiger partial charge in [0, 0.05) is 36.0 Å². The van der Waals surface area contributed by atoms with E-state index in [0.717, 1.165) is 35.5 Å². The number of hydrogen-bond donors (Lipinski definition) is 1. The fraction of sp³-hybridized carbons (Fsp3) is 0.375. The number of thiophene rings is 1. The molecule has 6 nitrogen and oxygen atoms in total. The number of aromatic nitrogens is 2. The molecule has 2 bridgehead atoms. The summed E-state index contributed by atoms with van der Waals surface area (Å²) < 4.78 is 2.18. The number of carbonyl (C=O) groups excluding carboxylic acids is 2. The van der Waals surface area contributed by atoms with Crippen LogP contribution in [-0.2, 0) is 13.0 Å². The van der Waals surface area contributed by atoms with Gasteiger partial charge in [-0.05, 0) is 38.1 Å². The minimum absolute atomic E-state index is 0.0314. The van der Waals surface area contributed by atoms with Crippen molar-refractivity contribution in [2.24, 2.45) is 0 Å². The van der Waals surface area contributed by atoms with E-state index in [1.54, 1.807) is 11.3 Å². The lowest BCUT2D eigenvalue weighted by atomic mass is 10.0. The second kappa shape index (κ2) is 7.96. The Kier molecular flexibility index (Phi) is 5.14. The minimum atomic E-state index is -0.144. The zero-order chi connectivity index (χ0) is 21.5. The lowest BCUT2D eigenvalue weighted by molar-refractivity contribution is 0.0666. The summed E-state index contributed by atoms with van der Waals surface area (Å²) in [7, 11) is 0. The van der Waals surface area contributed by atoms with Crippen molar-refractivity contribution in [3.8, 4) is 11.4 Å². The molecule has 31 heavy (non-hydrogen) atoms. The maximum Gasteiger partial charge on any atom is 0.271 e. The van der Waals surface area contributed by atoms with E-state index in [1.807, 2.05) is 61.0 Å². The van der Waals surface area contributed by atoms with E-state index in [9.17, 15) is 9.59 Å². The van der Waals surface area contributed by atoms with Crippen molar-refractivity contribution in [2.45, 2.75) is 57.8 Å². The first-order valence-corrected chi connectivity index (χ1v) is 11.8. The van der Waals surface area contributed by atoms with E-state index in [4.69, 9.17) is 4.98 Å². The van der Waals surface area contributed by atoms with E-state index in [-0.39, 0.29) is 29.9 Å². The van der Waals surface area contributed by atoms with Crippen LogP contribution in [0.1, 0.15) is 53.2 Å². The summed E-state index contributed by atoms with van der Waals surface area (Å²) in [6, 6.07) is 12.1. The Balaban J connectivity index is 1.58. The largest absolute Gasteiger partial charge is 0.348 e. The van der Waals surface area contributed by atoms with Crippen LogP contribution in [-0.4, -0.2) is 44.4 Å². The fourth-order valence-electron chi connectivity index (χ4n) is 4.85. The Morgan fingerprint density at radius 2 is 1.90 bits per heavy atom. The molecule has 2 atom stereocenters. The van der Waals surface area contributed by atoms with Crippen molar-refractivity contribution in [1.82, 2.24) is 19.8 Å². The Morgan fingerprint density at radius 1 is 1.13 bits per heavy atom. The number of nitrogens with zero attached hydrogens (tertiary/aromatic N) is 3. The van der Waals surface area contributed by atoms with Crippen LogP contribution < -0.4 is 5.32 Å². The van der Waals surface area contributed by atoms with Gasteiger partial charge in [0.05, 0.1) is 17.3 Å². The minimum Gasteiger partial charge on any atom is -0.348 e. The molecule has 2 aliphatic rings. The fourth-order valence-corrected chi connectivity index (χ4v) is 5.48. The highest BCUT2D eigenvalue weighted by molar-refractivity contribution is 7.08. The summed E-state index contributed by atoms with van der Waals surface area (Å²) in [6.45, 7) is 4.57. The van der Waals surface area contributed by atoms with Crippen molar-refractivity contribution in [3.05, 3.63) is 64.1 Å². The molecule has 1 fully saturated rings. The molecule has 0 saturated carbocycles. The summed E-state index contributed by atoms with van der Waals surface area (Å²) in [6.07, 6.45) is 2.57. The third-order valence-corrected chi connectivity index (χ3v) is 6.87. The predicted octanol–water partition coefficient (Wildman–Crippen LogP) is 3.98. The first-order valence-electron chi connectivity index (χ1n) is 10.8. The highest BCUT2D eigenvalue weighted by Crippen LogP contribution is 2.36. The molecule has 2 amide bonds. The summed E-state index contributed by atoms with van der Waals surface area (Å²) in [4.78, 5) is 33.2. The molecule has 2 aromatic heterocycles. The Morgan fingerprint density at radius 3 is 2.61 bits per heavy atom. The molecule has 0 spiro atoms. The molecule has 1 saturated heterocycles. The van der Waals surface area contributed by atoms with Crippen LogP contribution in [0.15, 0.2) is 47.2 Å². The number of amides is 2. The third kappa shape index (κ3) is 3.57. The molecule has 5 rings (SSSR count). The molecule has 0 radical (unpaired) electrons. The Hall–Kier alpha value is -2.93. The van der Waals surface area contributed by atoms with Crippen molar-refractivity contribution in [1.29, 1.82) is 0 Å². The molecule has 1 N–H and O–H groups in total. The zero-order valence-electron chi connectivity index (χ0n) is 17.7. The van der Waals surface area contributed by atoms with Crippen molar-refractivity contribution >= 4 is 23.2 Å². The zero-order valence-corrected chi connectivity index (χ0v) is 18.6. The molecule has 160 valence electrons. The molecule has 0 aliphatic carbocycles. The van der Waals surface area contributed by atoms with Gasteiger partial charge in [-0.2, -0.15) is 11.3 Å². The number of benzene rings is 1. The van der Waals surface area contributed by atoms with E-state index >= 15 is 0 Å². The molecular formula is C24H26N4O2S. The van der Waals surface area contributed by atoms with Gasteiger partial charge in [0.15, 0.2) is 0 Å². The third-order valence-electron chi connectivity index (χ3n) is 6.18. The average molecular weight is 435 g/mol. The van der Waals surface area contributed by atoms with Gasteiger partial charge in [0.25, 0.3) is 11.8 Å². The highest BCUT2D eigenvalue weighted by Gasteiger charge is 2.42. The van der Waals surface area contributed by atoms with Gasteiger partial charge in [-0.3, -0.25) is 9.59 Å². The summed E-state index contributed by atoms with van der Waals surface area (Å²) in [5, 5.41) is 6.87. The maximum atomic E-state index is 13.3. The lowest BCUT2D eigenvalue weighted by Gasteiger charge is -2.28. The predicted molar refractivity (Wildman–Crippen MR) is 121 cm³/mol. The molecule has 1 aromatic carbocycles.